The van der Waals surface area contributed by atoms with Crippen LogP contribution in [0.15, 0.2) is 42.6 Å². The minimum atomic E-state index is 0.800. The summed E-state index contributed by atoms with van der Waals surface area (Å²) in [5.41, 5.74) is 6.20. The molecule has 0 radical (unpaired) electrons. The quantitative estimate of drug-likeness (QED) is 0.530. The predicted molar refractivity (Wildman–Crippen MR) is 71.4 cm³/mol. The Morgan fingerprint density at radius 3 is 2.67 bits per heavy atom. The monoisotopic (exact) mass is 239 g/mol. The number of nitrogens with one attached hydrogen (secondary N) is 1. The molecular weight excluding hydrogens is 226 g/mol. The predicted octanol–water partition coefficient (Wildman–Crippen LogP) is 2.01. The van der Waals surface area contributed by atoms with E-state index in [0.717, 1.165) is 28.1 Å². The van der Waals surface area contributed by atoms with Crippen molar-refractivity contribution < 1.29 is 0 Å². The molecule has 0 fully saturated rings. The van der Waals surface area contributed by atoms with Gasteiger partial charge in [0.15, 0.2) is 5.65 Å². The highest BCUT2D eigenvalue weighted by molar-refractivity contribution is 5.91. The standard InChI is InChI=1S/C13H13N5/c1-9-12-11(16-14)7-8-15-13(12)18(17-9)10-5-3-2-4-6-10/h2-8H,14H2,1H3,(H,15,16). The van der Waals surface area contributed by atoms with Crippen molar-refractivity contribution in [3.05, 3.63) is 48.3 Å². The molecule has 1 aromatic carbocycles. The summed E-state index contributed by atoms with van der Waals surface area (Å²) in [5.74, 6) is 5.52. The second-order valence-corrected chi connectivity index (χ2v) is 4.03. The van der Waals surface area contributed by atoms with Crippen LogP contribution in [0.3, 0.4) is 0 Å². The number of fused-ring (bicyclic) bond motifs is 1. The number of anilines is 1. The first-order chi connectivity index (χ1) is 8.81. The zero-order valence-corrected chi connectivity index (χ0v) is 9.96. The van der Waals surface area contributed by atoms with Gasteiger partial charge in [0.05, 0.1) is 22.5 Å². The van der Waals surface area contributed by atoms with Crippen LogP contribution in [-0.4, -0.2) is 14.8 Å². The van der Waals surface area contributed by atoms with E-state index in [9.17, 15) is 0 Å². The molecule has 90 valence electrons. The first-order valence-electron chi connectivity index (χ1n) is 5.67. The molecule has 3 N–H and O–H groups in total. The molecule has 0 aliphatic heterocycles. The lowest BCUT2D eigenvalue weighted by molar-refractivity contribution is 0.878. The van der Waals surface area contributed by atoms with Crippen LogP contribution in [0.1, 0.15) is 5.69 Å². The first kappa shape index (κ1) is 10.7. The number of hydrogen-bond donors (Lipinski definition) is 2. The Bertz CT molecular complexity index is 687. The van der Waals surface area contributed by atoms with E-state index >= 15 is 0 Å². The SMILES string of the molecule is Cc1nn(-c2ccccc2)c2nccc(NN)c12. The van der Waals surface area contributed by atoms with Gasteiger partial charge in [-0.1, -0.05) is 18.2 Å². The van der Waals surface area contributed by atoms with E-state index in [-0.39, 0.29) is 0 Å². The lowest BCUT2D eigenvalue weighted by Gasteiger charge is -2.03. The molecule has 0 saturated heterocycles. The van der Waals surface area contributed by atoms with E-state index in [1.165, 1.54) is 0 Å². The van der Waals surface area contributed by atoms with Crippen LogP contribution in [0.25, 0.3) is 16.7 Å². The zero-order valence-electron chi connectivity index (χ0n) is 9.96. The largest absolute Gasteiger partial charge is 0.323 e. The van der Waals surface area contributed by atoms with Gasteiger partial charge in [-0.2, -0.15) is 5.10 Å². The second-order valence-electron chi connectivity index (χ2n) is 4.03. The first-order valence-corrected chi connectivity index (χ1v) is 5.67. The number of aryl methyl sites for hydroxylation is 1. The molecule has 5 nitrogen and oxygen atoms in total. The van der Waals surface area contributed by atoms with Gasteiger partial charge in [0.1, 0.15) is 0 Å². The number of hydrazine groups is 1. The van der Waals surface area contributed by atoms with Gasteiger partial charge in [-0.25, -0.2) is 9.67 Å². The maximum absolute atomic E-state index is 5.52. The summed E-state index contributed by atoms with van der Waals surface area (Å²) >= 11 is 0. The van der Waals surface area contributed by atoms with Crippen molar-refractivity contribution in [2.45, 2.75) is 6.92 Å². The number of pyridine rings is 1. The van der Waals surface area contributed by atoms with Crippen LogP contribution < -0.4 is 11.3 Å². The third-order valence-electron chi connectivity index (χ3n) is 2.90. The van der Waals surface area contributed by atoms with E-state index < -0.39 is 0 Å². The average Bonchev–Trinajstić information content (AvgIpc) is 2.77. The minimum Gasteiger partial charge on any atom is -0.323 e. The molecule has 0 unspecified atom stereocenters. The topological polar surface area (TPSA) is 68.8 Å². The Morgan fingerprint density at radius 1 is 1.17 bits per heavy atom. The smallest absolute Gasteiger partial charge is 0.165 e. The molecule has 0 atom stereocenters. The van der Waals surface area contributed by atoms with E-state index in [1.54, 1.807) is 6.20 Å². The fourth-order valence-electron chi connectivity index (χ4n) is 2.08. The van der Waals surface area contributed by atoms with Crippen molar-refractivity contribution in [1.29, 1.82) is 0 Å². The normalized spacial score (nSPS) is 10.8. The van der Waals surface area contributed by atoms with Gasteiger partial charge in [-0.15, -0.1) is 0 Å². The van der Waals surface area contributed by atoms with Crippen LogP contribution in [0.4, 0.5) is 5.69 Å². The van der Waals surface area contributed by atoms with Crippen molar-refractivity contribution in [1.82, 2.24) is 14.8 Å². The van der Waals surface area contributed by atoms with Crippen molar-refractivity contribution in [2.24, 2.45) is 5.84 Å². The molecule has 3 aromatic rings. The van der Waals surface area contributed by atoms with Gasteiger partial charge in [0, 0.05) is 6.20 Å². The zero-order chi connectivity index (χ0) is 12.5. The fourth-order valence-corrected chi connectivity index (χ4v) is 2.08. The van der Waals surface area contributed by atoms with Crippen LogP contribution in [0.2, 0.25) is 0 Å². The van der Waals surface area contributed by atoms with Crippen LogP contribution >= 0.6 is 0 Å². The summed E-state index contributed by atoms with van der Waals surface area (Å²) in [5, 5.41) is 5.48. The average molecular weight is 239 g/mol. The molecule has 0 bridgehead atoms. The van der Waals surface area contributed by atoms with Crippen molar-refractivity contribution in [2.75, 3.05) is 5.43 Å². The van der Waals surface area contributed by atoms with E-state index in [2.05, 4.69) is 15.5 Å². The Labute approximate surface area is 104 Å². The summed E-state index contributed by atoms with van der Waals surface area (Å²) in [6.07, 6.45) is 1.72. The number of nitrogens with two attached hydrogens (primary N) is 1. The molecule has 18 heavy (non-hydrogen) atoms. The van der Waals surface area contributed by atoms with Crippen molar-refractivity contribution in [3.63, 3.8) is 0 Å². The molecule has 5 heteroatoms. The third-order valence-corrected chi connectivity index (χ3v) is 2.90. The molecule has 0 amide bonds. The van der Waals surface area contributed by atoms with E-state index in [1.807, 2.05) is 48.0 Å². The number of aromatic nitrogens is 3. The molecule has 3 rings (SSSR count). The van der Waals surface area contributed by atoms with Gasteiger partial charge < -0.3 is 5.43 Å². The van der Waals surface area contributed by atoms with E-state index in [0.29, 0.717) is 0 Å². The minimum absolute atomic E-state index is 0.800. The fraction of sp³-hybridized carbons (Fsp3) is 0.0769. The summed E-state index contributed by atoms with van der Waals surface area (Å²) < 4.78 is 1.82. The second kappa shape index (κ2) is 4.12. The molecule has 0 aliphatic rings. The van der Waals surface area contributed by atoms with Crippen LogP contribution in [0.5, 0.6) is 0 Å². The molecular formula is C13H13N5. The van der Waals surface area contributed by atoms with Gasteiger partial charge in [-0.05, 0) is 25.1 Å². The summed E-state index contributed by atoms with van der Waals surface area (Å²) in [7, 11) is 0. The number of rotatable bonds is 2. The molecule has 0 saturated carbocycles. The molecule has 0 aliphatic carbocycles. The highest BCUT2D eigenvalue weighted by Crippen LogP contribution is 2.25. The Balaban J connectivity index is 2.33. The van der Waals surface area contributed by atoms with Crippen molar-refractivity contribution in [3.8, 4) is 5.69 Å². The summed E-state index contributed by atoms with van der Waals surface area (Å²) in [4.78, 5) is 4.39. The van der Waals surface area contributed by atoms with Crippen LogP contribution in [-0.2, 0) is 0 Å². The van der Waals surface area contributed by atoms with Crippen molar-refractivity contribution >= 4 is 16.7 Å². The van der Waals surface area contributed by atoms with Gasteiger partial charge in [0.2, 0.25) is 0 Å². The van der Waals surface area contributed by atoms with Gasteiger partial charge in [-0.3, -0.25) is 5.84 Å². The lowest BCUT2D eigenvalue weighted by atomic mass is 10.2. The lowest BCUT2D eigenvalue weighted by Crippen LogP contribution is -2.07. The third kappa shape index (κ3) is 1.53. The Hall–Kier alpha value is -2.40. The van der Waals surface area contributed by atoms with Gasteiger partial charge >= 0.3 is 0 Å². The van der Waals surface area contributed by atoms with Gasteiger partial charge in [0.25, 0.3) is 0 Å². The molecule has 0 spiro atoms. The number of benzene rings is 1. The Kier molecular flexibility index (Phi) is 2.46. The van der Waals surface area contributed by atoms with E-state index in [4.69, 9.17) is 5.84 Å². The Morgan fingerprint density at radius 2 is 1.94 bits per heavy atom. The number of para-hydroxylation sites is 1. The number of nitrogens with zero attached hydrogens (tertiary/aromatic N) is 3. The highest BCUT2D eigenvalue weighted by atomic mass is 15.3. The summed E-state index contributed by atoms with van der Waals surface area (Å²) in [6, 6.07) is 11.8. The highest BCUT2D eigenvalue weighted by Gasteiger charge is 2.12. The molecule has 2 aromatic heterocycles. The maximum Gasteiger partial charge on any atom is 0.165 e. The number of nitrogen functional groups attached to an aromatic ring is 1. The number of hydrogen-bond acceptors (Lipinski definition) is 4. The molecule has 2 heterocycles. The summed E-state index contributed by atoms with van der Waals surface area (Å²) in [6.45, 7) is 1.95. The maximum atomic E-state index is 5.52. The van der Waals surface area contributed by atoms with Crippen LogP contribution in [0, 0.1) is 6.92 Å².